The van der Waals surface area contributed by atoms with E-state index in [0.717, 1.165) is 0 Å². The number of carboxylic acids is 1. The summed E-state index contributed by atoms with van der Waals surface area (Å²) < 4.78 is 4.98. The number of amides is 1. The normalized spacial score (nSPS) is 28.9. The Morgan fingerprint density at radius 3 is 2.77 bits per heavy atom. The monoisotopic (exact) mass is 187 g/mol. The van der Waals surface area contributed by atoms with Crippen molar-refractivity contribution in [3.63, 3.8) is 0 Å². The molecular weight excluding hydrogens is 174 g/mol. The first-order valence-corrected chi connectivity index (χ1v) is 4.11. The Morgan fingerprint density at radius 1 is 1.77 bits per heavy atom. The number of aliphatic carboxylic acids is 1. The SMILES string of the molecule is CO[C@H](C)[C@H]1C(=O)N[C@@H]1CC(=O)O. The summed E-state index contributed by atoms with van der Waals surface area (Å²) >= 11 is 0. The second-order valence-electron chi connectivity index (χ2n) is 3.18. The van der Waals surface area contributed by atoms with Crippen molar-refractivity contribution >= 4 is 11.9 Å². The predicted molar refractivity (Wildman–Crippen MR) is 44.1 cm³/mol. The van der Waals surface area contributed by atoms with Gasteiger partial charge in [-0.05, 0) is 6.92 Å². The Morgan fingerprint density at radius 2 is 2.38 bits per heavy atom. The van der Waals surface area contributed by atoms with Crippen molar-refractivity contribution in [3.05, 3.63) is 0 Å². The average Bonchev–Trinajstić information content (AvgIpc) is 2.02. The smallest absolute Gasteiger partial charge is 0.305 e. The van der Waals surface area contributed by atoms with Crippen LogP contribution in [-0.4, -0.2) is 36.2 Å². The number of β-lactam (4-membered cyclic amide) rings is 1. The van der Waals surface area contributed by atoms with Gasteiger partial charge in [-0.15, -0.1) is 0 Å². The Labute approximate surface area is 76.1 Å². The van der Waals surface area contributed by atoms with Crippen LogP contribution in [0.4, 0.5) is 0 Å². The van der Waals surface area contributed by atoms with Crippen molar-refractivity contribution < 1.29 is 19.4 Å². The second kappa shape index (κ2) is 3.74. The van der Waals surface area contributed by atoms with E-state index in [1.165, 1.54) is 7.11 Å². The van der Waals surface area contributed by atoms with E-state index >= 15 is 0 Å². The van der Waals surface area contributed by atoms with Crippen molar-refractivity contribution in [2.45, 2.75) is 25.5 Å². The number of hydrogen-bond donors (Lipinski definition) is 2. The number of hydrogen-bond acceptors (Lipinski definition) is 3. The molecule has 1 fully saturated rings. The molecule has 2 N–H and O–H groups in total. The summed E-state index contributed by atoms with van der Waals surface area (Å²) in [6.45, 7) is 1.76. The third-order valence-electron chi connectivity index (χ3n) is 2.34. The number of nitrogens with one attached hydrogen (secondary N) is 1. The summed E-state index contributed by atoms with van der Waals surface area (Å²) in [5.41, 5.74) is 0. The fourth-order valence-corrected chi connectivity index (χ4v) is 1.51. The first-order valence-electron chi connectivity index (χ1n) is 4.11. The van der Waals surface area contributed by atoms with Gasteiger partial charge in [0.05, 0.1) is 24.5 Å². The van der Waals surface area contributed by atoms with E-state index in [-0.39, 0.29) is 30.4 Å². The number of carboxylic acid groups (broad SMARTS) is 1. The number of carbonyl (C=O) groups excluding carboxylic acids is 1. The topological polar surface area (TPSA) is 75.6 Å². The van der Waals surface area contributed by atoms with Crippen LogP contribution in [0.5, 0.6) is 0 Å². The van der Waals surface area contributed by atoms with E-state index in [9.17, 15) is 9.59 Å². The average molecular weight is 187 g/mol. The molecule has 1 aliphatic rings. The number of ether oxygens (including phenoxy) is 1. The third kappa shape index (κ3) is 1.98. The predicted octanol–water partition coefficient (Wildman–Crippen LogP) is -0.389. The van der Waals surface area contributed by atoms with Gasteiger partial charge in [-0.2, -0.15) is 0 Å². The minimum atomic E-state index is -0.904. The lowest BCUT2D eigenvalue weighted by Gasteiger charge is -2.38. The summed E-state index contributed by atoms with van der Waals surface area (Å²) in [5, 5.41) is 11.1. The Kier molecular flexibility index (Phi) is 2.87. The molecule has 0 radical (unpaired) electrons. The van der Waals surface area contributed by atoms with Crippen molar-refractivity contribution in [2.75, 3.05) is 7.11 Å². The molecule has 0 saturated carbocycles. The van der Waals surface area contributed by atoms with Crippen LogP contribution in [0.1, 0.15) is 13.3 Å². The van der Waals surface area contributed by atoms with Crippen LogP contribution in [0, 0.1) is 5.92 Å². The van der Waals surface area contributed by atoms with Gasteiger partial charge in [-0.3, -0.25) is 9.59 Å². The summed E-state index contributed by atoms with van der Waals surface area (Å²) in [4.78, 5) is 21.4. The van der Waals surface area contributed by atoms with Gasteiger partial charge in [0, 0.05) is 7.11 Å². The zero-order chi connectivity index (χ0) is 10.0. The number of carbonyl (C=O) groups is 2. The van der Waals surface area contributed by atoms with Crippen LogP contribution < -0.4 is 5.32 Å². The maximum absolute atomic E-state index is 11.0. The molecule has 3 atom stereocenters. The Balaban J connectivity index is 2.50. The first kappa shape index (κ1) is 9.98. The molecule has 1 aliphatic heterocycles. The molecule has 74 valence electrons. The lowest BCUT2D eigenvalue weighted by molar-refractivity contribution is -0.147. The highest BCUT2D eigenvalue weighted by molar-refractivity contribution is 5.88. The van der Waals surface area contributed by atoms with Crippen LogP contribution in [0.3, 0.4) is 0 Å². The molecule has 0 aromatic carbocycles. The molecule has 0 spiro atoms. The van der Waals surface area contributed by atoms with E-state index in [1.54, 1.807) is 6.92 Å². The molecular formula is C8H13NO4. The van der Waals surface area contributed by atoms with Gasteiger partial charge in [-0.1, -0.05) is 0 Å². The lowest BCUT2D eigenvalue weighted by atomic mass is 9.84. The Bertz CT molecular complexity index is 228. The molecule has 0 aromatic heterocycles. The van der Waals surface area contributed by atoms with Crippen molar-refractivity contribution in [2.24, 2.45) is 5.92 Å². The standard InChI is InChI=1S/C8H13NO4/c1-4(13-2)7-5(3-6(10)11)9-8(7)12/h4-5,7H,3H2,1-2H3,(H,9,12)(H,10,11)/t4-,5-,7-/m1/s1. The minimum absolute atomic E-state index is 0.0376. The summed E-state index contributed by atoms with van der Waals surface area (Å²) in [6.07, 6.45) is -0.262. The zero-order valence-corrected chi connectivity index (χ0v) is 7.61. The van der Waals surface area contributed by atoms with Gasteiger partial charge in [0.2, 0.25) is 5.91 Å². The summed E-state index contributed by atoms with van der Waals surface area (Å²) in [6, 6.07) is -0.278. The highest BCUT2D eigenvalue weighted by Crippen LogP contribution is 2.23. The van der Waals surface area contributed by atoms with Crippen molar-refractivity contribution in [1.82, 2.24) is 5.32 Å². The van der Waals surface area contributed by atoms with E-state index in [1.807, 2.05) is 0 Å². The quantitative estimate of drug-likeness (QED) is 0.588. The molecule has 1 rings (SSSR count). The number of rotatable bonds is 4. The van der Waals surface area contributed by atoms with Crippen LogP contribution in [-0.2, 0) is 14.3 Å². The molecule has 5 nitrogen and oxygen atoms in total. The van der Waals surface area contributed by atoms with Crippen LogP contribution >= 0.6 is 0 Å². The highest BCUT2D eigenvalue weighted by atomic mass is 16.5. The Hall–Kier alpha value is -1.10. The molecule has 5 heteroatoms. The summed E-state index contributed by atoms with van der Waals surface area (Å²) in [7, 11) is 1.51. The molecule has 13 heavy (non-hydrogen) atoms. The molecule has 1 heterocycles. The van der Waals surface area contributed by atoms with E-state index in [4.69, 9.17) is 9.84 Å². The van der Waals surface area contributed by atoms with Crippen LogP contribution in [0.25, 0.3) is 0 Å². The van der Waals surface area contributed by atoms with E-state index in [0.29, 0.717) is 0 Å². The van der Waals surface area contributed by atoms with E-state index < -0.39 is 5.97 Å². The molecule has 1 saturated heterocycles. The summed E-state index contributed by atoms with van der Waals surface area (Å²) in [5.74, 6) is -1.35. The highest BCUT2D eigenvalue weighted by Gasteiger charge is 2.43. The second-order valence-corrected chi connectivity index (χ2v) is 3.18. The molecule has 0 unspecified atom stereocenters. The fourth-order valence-electron chi connectivity index (χ4n) is 1.51. The van der Waals surface area contributed by atoms with Gasteiger partial charge in [0.25, 0.3) is 0 Å². The number of methoxy groups -OCH3 is 1. The fraction of sp³-hybridized carbons (Fsp3) is 0.750. The van der Waals surface area contributed by atoms with Crippen LogP contribution in [0.15, 0.2) is 0 Å². The van der Waals surface area contributed by atoms with Gasteiger partial charge in [-0.25, -0.2) is 0 Å². The molecule has 1 amide bonds. The minimum Gasteiger partial charge on any atom is -0.481 e. The van der Waals surface area contributed by atoms with Crippen molar-refractivity contribution in [1.29, 1.82) is 0 Å². The zero-order valence-electron chi connectivity index (χ0n) is 7.61. The third-order valence-corrected chi connectivity index (χ3v) is 2.34. The van der Waals surface area contributed by atoms with E-state index in [2.05, 4.69) is 5.32 Å². The van der Waals surface area contributed by atoms with Gasteiger partial charge in [0.15, 0.2) is 0 Å². The lowest BCUT2D eigenvalue weighted by Crippen LogP contribution is -2.62. The molecule has 0 aliphatic carbocycles. The van der Waals surface area contributed by atoms with Crippen LogP contribution in [0.2, 0.25) is 0 Å². The van der Waals surface area contributed by atoms with Gasteiger partial charge < -0.3 is 15.2 Å². The first-order chi connectivity index (χ1) is 6.06. The largest absolute Gasteiger partial charge is 0.481 e. The van der Waals surface area contributed by atoms with Gasteiger partial charge >= 0.3 is 5.97 Å². The van der Waals surface area contributed by atoms with Gasteiger partial charge in [0.1, 0.15) is 0 Å². The maximum Gasteiger partial charge on any atom is 0.305 e. The van der Waals surface area contributed by atoms with Crippen molar-refractivity contribution in [3.8, 4) is 0 Å². The molecule has 0 aromatic rings. The maximum atomic E-state index is 11.0. The molecule has 0 bridgehead atoms.